The highest BCUT2D eigenvalue weighted by Crippen LogP contribution is 2.31. The molecule has 30 heavy (non-hydrogen) atoms. The molecule has 0 unspecified atom stereocenters. The second-order valence-corrected chi connectivity index (χ2v) is 7.27. The van der Waals surface area contributed by atoms with Gasteiger partial charge in [0.15, 0.2) is 0 Å². The van der Waals surface area contributed by atoms with Crippen molar-refractivity contribution in [1.29, 1.82) is 0 Å². The van der Waals surface area contributed by atoms with Crippen LogP contribution in [0.5, 0.6) is 0 Å². The molecule has 1 saturated heterocycles. The van der Waals surface area contributed by atoms with Crippen molar-refractivity contribution in [3.8, 4) is 0 Å². The number of piperazine rings is 1. The molecule has 2 heterocycles. The second-order valence-electron chi connectivity index (χ2n) is 7.27. The fourth-order valence-corrected chi connectivity index (χ4v) is 3.89. The molecule has 1 N–H and O–H groups in total. The molecule has 0 amide bonds. The van der Waals surface area contributed by atoms with E-state index in [1.807, 2.05) is 48.5 Å². The number of furan rings is 1. The van der Waals surface area contributed by atoms with Crippen LogP contribution >= 0.6 is 0 Å². The third kappa shape index (κ3) is 3.40. The maximum Gasteiger partial charge on any atom is 0.270 e. The van der Waals surface area contributed by atoms with Crippen molar-refractivity contribution in [2.45, 2.75) is 0 Å². The summed E-state index contributed by atoms with van der Waals surface area (Å²) < 4.78 is 5.94. The van der Waals surface area contributed by atoms with Crippen LogP contribution in [-0.4, -0.2) is 37.3 Å². The Morgan fingerprint density at radius 1 is 1.00 bits per heavy atom. The molecule has 1 aliphatic heterocycles. The van der Waals surface area contributed by atoms with Crippen LogP contribution in [0.3, 0.4) is 0 Å². The number of hydrogen-bond donors (Lipinski definition) is 1. The Morgan fingerprint density at radius 3 is 2.63 bits per heavy atom. The zero-order chi connectivity index (χ0) is 20.5. The van der Waals surface area contributed by atoms with Gasteiger partial charge in [-0.3, -0.25) is 15.1 Å². The minimum absolute atomic E-state index is 0.0584. The summed E-state index contributed by atoms with van der Waals surface area (Å²) in [7, 11) is 0. The highest BCUT2D eigenvalue weighted by molar-refractivity contribution is 6.05. The van der Waals surface area contributed by atoms with Gasteiger partial charge in [-0.15, -0.1) is 0 Å². The molecule has 3 aromatic carbocycles. The zero-order valence-corrected chi connectivity index (χ0v) is 16.2. The van der Waals surface area contributed by atoms with E-state index >= 15 is 0 Å². The van der Waals surface area contributed by atoms with Crippen molar-refractivity contribution in [3.05, 3.63) is 76.3 Å². The molecule has 0 saturated carbocycles. The number of nitrogens with one attached hydrogen (secondary N) is 1. The first-order valence-electron chi connectivity index (χ1n) is 9.88. The summed E-state index contributed by atoms with van der Waals surface area (Å²) in [6.07, 6.45) is 1.70. The van der Waals surface area contributed by atoms with Gasteiger partial charge in [-0.2, -0.15) is 0 Å². The molecule has 0 atom stereocenters. The molecule has 0 radical (unpaired) electrons. The Hall–Kier alpha value is -3.71. The quantitative estimate of drug-likeness (QED) is 0.306. The van der Waals surface area contributed by atoms with Crippen LogP contribution in [0, 0.1) is 10.1 Å². The molecule has 7 nitrogen and oxygen atoms in total. The van der Waals surface area contributed by atoms with Gasteiger partial charge < -0.3 is 14.6 Å². The van der Waals surface area contributed by atoms with Crippen LogP contribution in [-0.2, 0) is 0 Å². The van der Waals surface area contributed by atoms with E-state index in [0.29, 0.717) is 0 Å². The lowest BCUT2D eigenvalue weighted by Gasteiger charge is -2.30. The van der Waals surface area contributed by atoms with Crippen molar-refractivity contribution in [2.75, 3.05) is 31.1 Å². The fourth-order valence-electron chi connectivity index (χ4n) is 3.89. The average Bonchev–Trinajstić information content (AvgIpc) is 3.16. The monoisotopic (exact) mass is 400 g/mol. The normalized spacial score (nSPS) is 14.7. The van der Waals surface area contributed by atoms with Crippen LogP contribution in [0.2, 0.25) is 0 Å². The SMILES string of the molecule is O=[N+]([O-])c1ccc(N2CCNCC2)c(C=Nc2ccc3c(c2)oc2ccccc23)c1. The van der Waals surface area contributed by atoms with Gasteiger partial charge in [-0.25, -0.2) is 0 Å². The number of nitro groups is 1. The van der Waals surface area contributed by atoms with Crippen LogP contribution in [0.4, 0.5) is 17.1 Å². The topological polar surface area (TPSA) is 83.9 Å². The molecular weight excluding hydrogens is 380 g/mol. The molecule has 1 aliphatic rings. The molecule has 1 aromatic heterocycles. The van der Waals surface area contributed by atoms with Crippen LogP contribution in [0.1, 0.15) is 5.56 Å². The van der Waals surface area contributed by atoms with Crippen molar-refractivity contribution < 1.29 is 9.34 Å². The highest BCUT2D eigenvalue weighted by atomic mass is 16.6. The largest absolute Gasteiger partial charge is 0.456 e. The number of nitrogens with zero attached hydrogens (tertiary/aromatic N) is 3. The second kappa shape index (κ2) is 7.61. The fraction of sp³-hybridized carbons (Fsp3) is 0.174. The van der Waals surface area contributed by atoms with Crippen molar-refractivity contribution in [3.63, 3.8) is 0 Å². The summed E-state index contributed by atoms with van der Waals surface area (Å²) in [4.78, 5) is 17.7. The van der Waals surface area contributed by atoms with E-state index in [9.17, 15) is 10.1 Å². The Kier molecular flexibility index (Phi) is 4.65. The van der Waals surface area contributed by atoms with Gasteiger partial charge in [-0.1, -0.05) is 18.2 Å². The summed E-state index contributed by atoms with van der Waals surface area (Å²) in [6, 6.07) is 18.7. The summed E-state index contributed by atoms with van der Waals surface area (Å²) in [5.41, 5.74) is 4.09. The molecular formula is C23H20N4O3. The van der Waals surface area contributed by atoms with E-state index in [2.05, 4.69) is 15.2 Å². The van der Waals surface area contributed by atoms with Gasteiger partial charge in [0.25, 0.3) is 5.69 Å². The first-order chi connectivity index (χ1) is 14.7. The van der Waals surface area contributed by atoms with Crippen molar-refractivity contribution >= 4 is 45.2 Å². The van der Waals surface area contributed by atoms with Crippen LogP contribution < -0.4 is 10.2 Å². The summed E-state index contributed by atoms with van der Waals surface area (Å²) in [5, 5.41) is 16.7. The first kappa shape index (κ1) is 18.3. The van der Waals surface area contributed by atoms with Gasteiger partial charge in [-0.05, 0) is 24.3 Å². The lowest BCUT2D eigenvalue weighted by Crippen LogP contribution is -2.43. The third-order valence-corrected chi connectivity index (χ3v) is 5.39. The Balaban J connectivity index is 1.52. The number of para-hydroxylation sites is 1. The standard InChI is InChI=1S/C23H20N4O3/c28-27(29)18-6-8-21(26-11-9-24-10-12-26)16(13-18)15-25-17-5-7-20-19-3-1-2-4-22(19)30-23(20)14-17/h1-8,13-15,24H,9-12H2. The third-order valence-electron chi connectivity index (χ3n) is 5.39. The number of hydrogen-bond acceptors (Lipinski definition) is 6. The number of anilines is 1. The highest BCUT2D eigenvalue weighted by Gasteiger charge is 2.17. The van der Waals surface area contributed by atoms with Crippen molar-refractivity contribution in [1.82, 2.24) is 5.32 Å². The van der Waals surface area contributed by atoms with E-state index in [-0.39, 0.29) is 10.6 Å². The summed E-state index contributed by atoms with van der Waals surface area (Å²) >= 11 is 0. The molecule has 150 valence electrons. The van der Waals surface area contributed by atoms with E-state index in [4.69, 9.17) is 4.42 Å². The van der Waals surface area contributed by atoms with Gasteiger partial charge in [0.05, 0.1) is 10.6 Å². The molecule has 0 bridgehead atoms. The number of benzene rings is 3. The van der Waals surface area contributed by atoms with Gasteiger partial charge in [0.1, 0.15) is 11.2 Å². The van der Waals surface area contributed by atoms with Gasteiger partial charge in [0.2, 0.25) is 0 Å². The number of aliphatic imine (C=N–C) groups is 1. The Labute approximate surface area is 172 Å². The number of rotatable bonds is 4. The maximum absolute atomic E-state index is 11.3. The van der Waals surface area contributed by atoms with E-state index in [0.717, 1.165) is 65.1 Å². The number of non-ortho nitro benzene ring substituents is 1. The van der Waals surface area contributed by atoms with Gasteiger partial charge in [0, 0.05) is 72.6 Å². The minimum atomic E-state index is -0.376. The summed E-state index contributed by atoms with van der Waals surface area (Å²) in [6.45, 7) is 3.47. The predicted molar refractivity (Wildman–Crippen MR) is 119 cm³/mol. The smallest absolute Gasteiger partial charge is 0.270 e. The average molecular weight is 400 g/mol. The van der Waals surface area contributed by atoms with Crippen LogP contribution in [0.15, 0.2) is 70.1 Å². The number of fused-ring (bicyclic) bond motifs is 3. The molecule has 0 spiro atoms. The molecule has 5 rings (SSSR count). The van der Waals surface area contributed by atoms with E-state index in [1.165, 1.54) is 0 Å². The van der Waals surface area contributed by atoms with Gasteiger partial charge >= 0.3 is 0 Å². The zero-order valence-electron chi connectivity index (χ0n) is 16.2. The molecule has 1 fully saturated rings. The summed E-state index contributed by atoms with van der Waals surface area (Å²) in [5.74, 6) is 0. The lowest BCUT2D eigenvalue weighted by atomic mass is 10.1. The van der Waals surface area contributed by atoms with E-state index in [1.54, 1.807) is 18.3 Å². The Morgan fingerprint density at radius 2 is 1.80 bits per heavy atom. The predicted octanol–water partition coefficient (Wildman–Crippen LogP) is 4.65. The van der Waals surface area contributed by atoms with Crippen molar-refractivity contribution in [2.24, 2.45) is 4.99 Å². The maximum atomic E-state index is 11.3. The molecule has 0 aliphatic carbocycles. The minimum Gasteiger partial charge on any atom is -0.456 e. The Bertz CT molecular complexity index is 1270. The first-order valence-corrected chi connectivity index (χ1v) is 9.88. The molecule has 4 aromatic rings. The van der Waals surface area contributed by atoms with E-state index < -0.39 is 0 Å². The van der Waals surface area contributed by atoms with Crippen LogP contribution in [0.25, 0.3) is 21.9 Å². The molecule has 7 heteroatoms. The number of nitro benzene ring substituents is 1. The lowest BCUT2D eigenvalue weighted by molar-refractivity contribution is -0.384.